The summed E-state index contributed by atoms with van der Waals surface area (Å²) in [6, 6.07) is 1.60. The van der Waals surface area contributed by atoms with E-state index >= 15 is 0 Å². The molecule has 5 nitrogen and oxygen atoms in total. The van der Waals surface area contributed by atoms with Gasteiger partial charge in [-0.05, 0) is 0 Å². The molecule has 0 saturated heterocycles. The van der Waals surface area contributed by atoms with E-state index in [9.17, 15) is 26.0 Å². The van der Waals surface area contributed by atoms with Crippen LogP contribution in [0.3, 0.4) is 0 Å². The first-order valence-electron chi connectivity index (χ1n) is 4.93. The van der Waals surface area contributed by atoms with Gasteiger partial charge in [-0.25, -0.2) is 17.2 Å². The number of rotatable bonds is 5. The molecule has 1 aromatic heterocycles. The fourth-order valence-corrected chi connectivity index (χ4v) is 3.63. The van der Waals surface area contributed by atoms with Gasteiger partial charge in [0.05, 0.1) is 12.2 Å². The molecule has 11 heteroatoms. The van der Waals surface area contributed by atoms with Crippen molar-refractivity contribution in [2.45, 2.75) is 17.2 Å². The highest BCUT2D eigenvalue weighted by Gasteiger charge is 2.41. The van der Waals surface area contributed by atoms with Gasteiger partial charge in [0.15, 0.2) is 9.84 Å². The van der Waals surface area contributed by atoms with Gasteiger partial charge in [0.1, 0.15) is 20.8 Å². The zero-order valence-electron chi connectivity index (χ0n) is 9.95. The highest BCUT2D eigenvalue weighted by Crippen LogP contribution is 2.39. The number of nitrogens with zero attached hydrogens (tertiary/aromatic N) is 1. The van der Waals surface area contributed by atoms with Gasteiger partial charge in [0.25, 0.3) is 0 Å². The molecule has 0 bridgehead atoms. The molecule has 0 saturated carbocycles. The highest BCUT2D eigenvalue weighted by atomic mass is 32.2. The van der Waals surface area contributed by atoms with E-state index in [-0.39, 0.29) is 15.6 Å². The van der Waals surface area contributed by atoms with Gasteiger partial charge in [-0.2, -0.15) is 14.0 Å². The maximum absolute atomic E-state index is 12.8. The van der Waals surface area contributed by atoms with Gasteiger partial charge in [0, 0.05) is 6.26 Å². The van der Waals surface area contributed by atoms with Crippen LogP contribution < -0.4 is 11.1 Å². The summed E-state index contributed by atoms with van der Waals surface area (Å²) in [7, 11) is -3.90. The van der Waals surface area contributed by atoms with Crippen molar-refractivity contribution in [2.75, 3.05) is 23.9 Å². The Morgan fingerprint density at radius 2 is 2.05 bits per heavy atom. The second kappa shape index (κ2) is 5.45. The second-order valence-electron chi connectivity index (χ2n) is 3.80. The summed E-state index contributed by atoms with van der Waals surface area (Å²) in [5.74, 6) is -4.33. The van der Waals surface area contributed by atoms with E-state index in [1.165, 1.54) is 0 Å². The van der Waals surface area contributed by atoms with Crippen LogP contribution in [0.1, 0.15) is 4.88 Å². The van der Waals surface area contributed by atoms with Crippen LogP contribution in [0.15, 0.2) is 4.90 Å². The van der Waals surface area contributed by atoms with Crippen molar-refractivity contribution in [1.29, 1.82) is 5.26 Å². The number of hydrogen-bond donors (Lipinski definition) is 2. The lowest BCUT2D eigenvalue weighted by atomic mass is 10.3. The van der Waals surface area contributed by atoms with Crippen LogP contribution in [0.2, 0.25) is 0 Å². The molecule has 0 unspecified atom stereocenters. The summed E-state index contributed by atoms with van der Waals surface area (Å²) in [5.41, 5.74) is 5.05. The molecule has 0 spiro atoms. The number of alkyl halides is 4. The van der Waals surface area contributed by atoms with E-state index in [0.29, 0.717) is 11.3 Å². The summed E-state index contributed by atoms with van der Waals surface area (Å²) in [4.78, 5) is -0.739. The third-order valence-corrected chi connectivity index (χ3v) is 4.54. The first-order chi connectivity index (χ1) is 9.00. The lowest BCUT2D eigenvalue weighted by Gasteiger charge is -2.16. The Kier molecular flexibility index (Phi) is 4.50. The summed E-state index contributed by atoms with van der Waals surface area (Å²) >= 11 is 0.511. The Balaban J connectivity index is 3.18. The van der Waals surface area contributed by atoms with E-state index in [2.05, 4.69) is 0 Å². The van der Waals surface area contributed by atoms with Crippen LogP contribution in [0.25, 0.3) is 0 Å². The lowest BCUT2D eigenvalue weighted by Crippen LogP contribution is -2.34. The predicted molar refractivity (Wildman–Crippen MR) is 66.0 cm³/mol. The molecule has 1 heterocycles. The number of sulfone groups is 1. The topological polar surface area (TPSA) is 96.0 Å². The molecule has 3 N–H and O–H groups in total. The number of nitrogens with two attached hydrogens (primary N) is 1. The highest BCUT2D eigenvalue weighted by molar-refractivity contribution is 7.91. The van der Waals surface area contributed by atoms with Crippen molar-refractivity contribution in [1.82, 2.24) is 0 Å². The molecule has 1 aromatic rings. The van der Waals surface area contributed by atoms with Gasteiger partial charge >= 0.3 is 12.3 Å². The SMILES string of the molecule is CS(=O)(=O)c1c(NCC(F)(F)C(F)F)sc(C#N)c1N. The summed E-state index contributed by atoms with van der Waals surface area (Å²) in [6.45, 7) is -1.47. The maximum Gasteiger partial charge on any atom is 0.324 e. The average Bonchev–Trinajstić information content (AvgIpc) is 2.62. The third kappa shape index (κ3) is 3.31. The van der Waals surface area contributed by atoms with Crippen LogP contribution in [0.4, 0.5) is 28.3 Å². The van der Waals surface area contributed by atoms with Gasteiger partial charge in [-0.3, -0.25) is 0 Å². The molecule has 112 valence electrons. The standard InChI is InChI=1S/C9H9F4N3O2S2/c1-20(17,18)6-5(15)4(2-14)19-7(6)16-3-9(12,13)8(10)11/h8,16H,3,15H2,1H3. The summed E-state index contributed by atoms with van der Waals surface area (Å²) in [6.07, 6.45) is -3.13. The Morgan fingerprint density at radius 1 is 1.50 bits per heavy atom. The predicted octanol–water partition coefficient (Wildman–Crippen LogP) is 1.92. The van der Waals surface area contributed by atoms with Crippen LogP contribution >= 0.6 is 11.3 Å². The molecule has 20 heavy (non-hydrogen) atoms. The molecule has 1 rings (SSSR count). The number of hydrogen-bond acceptors (Lipinski definition) is 6. The monoisotopic (exact) mass is 331 g/mol. The Labute approximate surface area is 115 Å². The molecular weight excluding hydrogens is 322 g/mol. The number of thiophene rings is 1. The summed E-state index contributed by atoms with van der Waals surface area (Å²) < 4.78 is 72.6. The Morgan fingerprint density at radius 3 is 2.45 bits per heavy atom. The fourth-order valence-electron chi connectivity index (χ4n) is 1.27. The first kappa shape index (κ1) is 16.5. The van der Waals surface area contributed by atoms with Crippen LogP contribution in [-0.4, -0.2) is 33.6 Å². The van der Waals surface area contributed by atoms with E-state index in [1.807, 2.05) is 5.32 Å². The Bertz CT molecular complexity index is 649. The van der Waals surface area contributed by atoms with Crippen molar-refractivity contribution >= 4 is 31.9 Å². The number of nitriles is 1. The van der Waals surface area contributed by atoms with Crippen molar-refractivity contribution in [2.24, 2.45) is 0 Å². The van der Waals surface area contributed by atoms with E-state index in [0.717, 1.165) is 6.26 Å². The molecule has 0 aromatic carbocycles. The minimum absolute atomic E-state index is 0.201. The first-order valence-corrected chi connectivity index (χ1v) is 7.63. The van der Waals surface area contributed by atoms with Crippen molar-refractivity contribution in [3.8, 4) is 6.07 Å². The van der Waals surface area contributed by atoms with E-state index in [4.69, 9.17) is 11.0 Å². The van der Waals surface area contributed by atoms with Crippen LogP contribution in [-0.2, 0) is 9.84 Å². The molecule has 0 aliphatic heterocycles. The van der Waals surface area contributed by atoms with Gasteiger partial charge < -0.3 is 11.1 Å². The zero-order valence-corrected chi connectivity index (χ0v) is 11.6. The zero-order chi connectivity index (χ0) is 15.7. The van der Waals surface area contributed by atoms with Gasteiger partial charge in [-0.15, -0.1) is 11.3 Å². The van der Waals surface area contributed by atoms with E-state index < -0.39 is 33.6 Å². The molecule has 0 radical (unpaired) electrons. The number of nitrogen functional groups attached to an aromatic ring is 1. The molecule has 0 fully saturated rings. The van der Waals surface area contributed by atoms with Gasteiger partial charge in [0.2, 0.25) is 0 Å². The molecule has 0 amide bonds. The second-order valence-corrected chi connectivity index (χ2v) is 6.78. The lowest BCUT2D eigenvalue weighted by molar-refractivity contribution is -0.117. The Hall–Kier alpha value is -1.54. The number of nitrogens with one attached hydrogen (secondary N) is 1. The van der Waals surface area contributed by atoms with Crippen molar-refractivity contribution in [3.63, 3.8) is 0 Å². The van der Waals surface area contributed by atoms with Crippen LogP contribution in [0, 0.1) is 11.3 Å². The van der Waals surface area contributed by atoms with Gasteiger partial charge in [-0.1, -0.05) is 0 Å². The van der Waals surface area contributed by atoms with Crippen molar-refractivity contribution in [3.05, 3.63) is 4.88 Å². The summed E-state index contributed by atoms with van der Waals surface area (Å²) in [5, 5.41) is 10.3. The molecular formula is C9H9F4N3O2S2. The van der Waals surface area contributed by atoms with E-state index in [1.54, 1.807) is 6.07 Å². The molecule has 0 aliphatic carbocycles. The maximum atomic E-state index is 12.8. The van der Waals surface area contributed by atoms with Crippen molar-refractivity contribution < 1.29 is 26.0 Å². The smallest absolute Gasteiger partial charge is 0.324 e. The minimum atomic E-state index is -4.33. The quantitative estimate of drug-likeness (QED) is 0.804. The third-order valence-electron chi connectivity index (χ3n) is 2.18. The number of halogens is 4. The molecule has 0 atom stereocenters. The number of anilines is 2. The van der Waals surface area contributed by atoms with Crippen LogP contribution in [0.5, 0.6) is 0 Å². The average molecular weight is 331 g/mol. The normalized spacial score (nSPS) is 12.4. The minimum Gasteiger partial charge on any atom is -0.396 e. The molecule has 0 aliphatic rings. The fraction of sp³-hybridized carbons (Fsp3) is 0.444. The largest absolute Gasteiger partial charge is 0.396 e.